The van der Waals surface area contributed by atoms with E-state index in [4.69, 9.17) is 15.5 Å². The van der Waals surface area contributed by atoms with Gasteiger partial charge in [-0.25, -0.2) is 4.98 Å². The van der Waals surface area contributed by atoms with Crippen molar-refractivity contribution in [3.63, 3.8) is 0 Å². The van der Waals surface area contributed by atoms with E-state index in [2.05, 4.69) is 23.4 Å². The number of nitrogens with zero attached hydrogens (tertiary/aromatic N) is 2. The Labute approximate surface area is 135 Å². The Morgan fingerprint density at radius 3 is 2.65 bits per heavy atom. The maximum Gasteiger partial charge on any atom is 0.138 e. The smallest absolute Gasteiger partial charge is 0.138 e. The number of H-pyrrole nitrogens is 1. The lowest BCUT2D eigenvalue weighted by atomic mass is 10.2. The minimum Gasteiger partial charge on any atom is -0.399 e. The van der Waals surface area contributed by atoms with Crippen molar-refractivity contribution >= 4 is 17.5 Å². The zero-order valence-electron chi connectivity index (χ0n) is 13.4. The van der Waals surface area contributed by atoms with Gasteiger partial charge in [0, 0.05) is 30.0 Å². The molecule has 5 heteroatoms. The molecule has 2 heterocycles. The third kappa shape index (κ3) is 3.29. The van der Waals surface area contributed by atoms with Crippen LogP contribution in [0.3, 0.4) is 0 Å². The van der Waals surface area contributed by atoms with Crippen LogP contribution in [-0.2, 0) is 4.74 Å². The zero-order valence-corrected chi connectivity index (χ0v) is 13.4. The number of nitrogens with two attached hydrogens (primary N) is 1. The standard InChI is InChI=1S/C18H22N4O/c1-3-4-16-17(13(2)22-9-11-23-12-10-22)21-18(20-16)14-5-7-15(19)8-6-14/h3-8H,1,9-12,19H2,2H3,(H,20,21)/b16-4+,17-13-. The lowest BCUT2D eigenvalue weighted by Crippen LogP contribution is -2.40. The van der Waals surface area contributed by atoms with Gasteiger partial charge in [0.1, 0.15) is 11.2 Å². The highest BCUT2D eigenvalue weighted by Crippen LogP contribution is 2.14. The van der Waals surface area contributed by atoms with Crippen molar-refractivity contribution < 1.29 is 4.74 Å². The van der Waals surface area contributed by atoms with E-state index >= 15 is 0 Å². The van der Waals surface area contributed by atoms with Crippen LogP contribution in [0.1, 0.15) is 6.92 Å². The van der Waals surface area contributed by atoms with E-state index in [0.717, 1.165) is 59.8 Å². The molecule has 0 amide bonds. The maximum atomic E-state index is 5.76. The first-order valence-corrected chi connectivity index (χ1v) is 7.77. The molecule has 1 aliphatic rings. The zero-order chi connectivity index (χ0) is 16.2. The van der Waals surface area contributed by atoms with E-state index in [-0.39, 0.29) is 0 Å². The molecule has 0 unspecified atom stereocenters. The van der Waals surface area contributed by atoms with Crippen LogP contribution in [0.15, 0.2) is 36.9 Å². The Morgan fingerprint density at radius 2 is 2.00 bits per heavy atom. The molecule has 0 spiro atoms. The fraction of sp³-hybridized carbons (Fsp3) is 0.278. The van der Waals surface area contributed by atoms with Gasteiger partial charge >= 0.3 is 0 Å². The fourth-order valence-electron chi connectivity index (χ4n) is 2.73. The largest absolute Gasteiger partial charge is 0.399 e. The van der Waals surface area contributed by atoms with Gasteiger partial charge in [0.15, 0.2) is 0 Å². The summed E-state index contributed by atoms with van der Waals surface area (Å²) in [5.41, 5.74) is 8.67. The SMILES string of the molecule is C=C/C=c1/[nH]c(-c2ccc(N)cc2)n/c1=C(/C)N1CCOCC1. The molecule has 3 rings (SSSR count). The van der Waals surface area contributed by atoms with Crippen molar-refractivity contribution in [3.8, 4) is 11.4 Å². The normalized spacial score (nSPS) is 17.3. The summed E-state index contributed by atoms with van der Waals surface area (Å²) in [4.78, 5) is 10.5. The van der Waals surface area contributed by atoms with E-state index in [1.54, 1.807) is 6.08 Å². The van der Waals surface area contributed by atoms with Crippen molar-refractivity contribution in [2.45, 2.75) is 6.92 Å². The summed E-state index contributed by atoms with van der Waals surface area (Å²) < 4.78 is 5.43. The number of benzene rings is 1. The fourth-order valence-corrected chi connectivity index (χ4v) is 2.73. The molecule has 0 radical (unpaired) electrons. The molecule has 2 aromatic rings. The van der Waals surface area contributed by atoms with Crippen molar-refractivity contribution in [1.82, 2.24) is 14.9 Å². The second-order valence-electron chi connectivity index (χ2n) is 5.56. The Kier molecular flexibility index (Phi) is 4.48. The van der Waals surface area contributed by atoms with Gasteiger partial charge in [-0.2, -0.15) is 0 Å². The topological polar surface area (TPSA) is 67.2 Å². The molecule has 1 saturated heterocycles. The molecule has 23 heavy (non-hydrogen) atoms. The van der Waals surface area contributed by atoms with Gasteiger partial charge in [-0.15, -0.1) is 0 Å². The highest BCUT2D eigenvalue weighted by molar-refractivity contribution is 5.59. The van der Waals surface area contributed by atoms with Crippen molar-refractivity contribution in [2.75, 3.05) is 32.0 Å². The molecule has 1 aromatic heterocycles. The second-order valence-corrected chi connectivity index (χ2v) is 5.56. The highest BCUT2D eigenvalue weighted by atomic mass is 16.5. The van der Waals surface area contributed by atoms with Gasteiger partial charge < -0.3 is 20.4 Å². The van der Waals surface area contributed by atoms with Crippen molar-refractivity contribution in [2.24, 2.45) is 0 Å². The van der Waals surface area contributed by atoms with Crippen molar-refractivity contribution in [1.29, 1.82) is 0 Å². The first-order valence-electron chi connectivity index (χ1n) is 7.77. The summed E-state index contributed by atoms with van der Waals surface area (Å²) in [6.07, 6.45) is 3.73. The monoisotopic (exact) mass is 310 g/mol. The van der Waals surface area contributed by atoms with Gasteiger partial charge in [-0.1, -0.05) is 12.7 Å². The van der Waals surface area contributed by atoms with E-state index in [0.29, 0.717) is 0 Å². The van der Waals surface area contributed by atoms with Crippen LogP contribution >= 0.6 is 0 Å². The molecule has 1 fully saturated rings. The number of ether oxygens (including phenoxy) is 1. The number of morpholine rings is 1. The number of aromatic amines is 1. The summed E-state index contributed by atoms with van der Waals surface area (Å²) in [5, 5.41) is 1.93. The van der Waals surface area contributed by atoms with Crippen LogP contribution in [0.4, 0.5) is 5.69 Å². The minimum absolute atomic E-state index is 0.745. The van der Waals surface area contributed by atoms with E-state index in [1.165, 1.54) is 0 Å². The summed E-state index contributed by atoms with van der Waals surface area (Å²) in [5.74, 6) is 0.834. The van der Waals surface area contributed by atoms with Crippen LogP contribution < -0.4 is 16.4 Å². The number of rotatable bonds is 3. The number of nitrogens with one attached hydrogen (secondary N) is 1. The molecule has 0 atom stereocenters. The summed E-state index contributed by atoms with van der Waals surface area (Å²) >= 11 is 0. The Hall–Kier alpha value is -2.53. The second kappa shape index (κ2) is 6.71. The molecular weight excluding hydrogens is 288 g/mol. The van der Waals surface area contributed by atoms with Gasteiger partial charge in [0.25, 0.3) is 0 Å². The van der Waals surface area contributed by atoms with Crippen LogP contribution in [0.5, 0.6) is 0 Å². The highest BCUT2D eigenvalue weighted by Gasteiger charge is 2.13. The van der Waals surface area contributed by atoms with Crippen LogP contribution in [0.25, 0.3) is 23.2 Å². The Bertz CT molecular complexity index is 799. The third-order valence-electron chi connectivity index (χ3n) is 4.03. The molecule has 1 aliphatic heterocycles. The minimum atomic E-state index is 0.745. The van der Waals surface area contributed by atoms with E-state index in [9.17, 15) is 0 Å². The number of allylic oxidation sites excluding steroid dienone is 1. The average molecular weight is 310 g/mol. The molecule has 1 aromatic carbocycles. The molecule has 0 saturated carbocycles. The maximum absolute atomic E-state index is 5.76. The van der Waals surface area contributed by atoms with Crippen LogP contribution in [0, 0.1) is 0 Å². The molecule has 3 N–H and O–H groups in total. The number of nitrogen functional groups attached to an aromatic ring is 1. The predicted molar refractivity (Wildman–Crippen MR) is 93.8 cm³/mol. The molecule has 5 nitrogen and oxygen atoms in total. The Morgan fingerprint density at radius 1 is 1.30 bits per heavy atom. The van der Waals surface area contributed by atoms with E-state index < -0.39 is 0 Å². The molecule has 0 aliphatic carbocycles. The lowest BCUT2D eigenvalue weighted by molar-refractivity contribution is 0.0629. The van der Waals surface area contributed by atoms with E-state index in [1.807, 2.05) is 30.3 Å². The number of anilines is 1. The summed E-state index contributed by atoms with van der Waals surface area (Å²) in [6, 6.07) is 7.71. The predicted octanol–water partition coefficient (Wildman–Crippen LogP) is 1.09. The average Bonchev–Trinajstić information content (AvgIpc) is 3.00. The molecule has 0 bridgehead atoms. The van der Waals surface area contributed by atoms with Gasteiger partial charge in [0.05, 0.1) is 18.6 Å². The lowest BCUT2D eigenvalue weighted by Gasteiger charge is -2.28. The van der Waals surface area contributed by atoms with Crippen LogP contribution in [-0.4, -0.2) is 41.2 Å². The Balaban J connectivity index is 2.10. The van der Waals surface area contributed by atoms with Crippen LogP contribution in [0.2, 0.25) is 0 Å². The van der Waals surface area contributed by atoms with Crippen molar-refractivity contribution in [3.05, 3.63) is 47.6 Å². The quantitative estimate of drug-likeness (QED) is 0.833. The number of hydrogen-bond acceptors (Lipinski definition) is 4. The third-order valence-corrected chi connectivity index (χ3v) is 4.03. The molecular formula is C18H22N4O. The first kappa shape index (κ1) is 15.4. The number of imidazole rings is 1. The number of aromatic nitrogens is 2. The summed E-state index contributed by atoms with van der Waals surface area (Å²) in [7, 11) is 0. The number of hydrogen-bond donors (Lipinski definition) is 2. The molecule has 120 valence electrons. The van der Waals surface area contributed by atoms with Gasteiger partial charge in [0.2, 0.25) is 0 Å². The first-order chi connectivity index (χ1) is 11.2. The van der Waals surface area contributed by atoms with Gasteiger partial charge in [-0.05, 0) is 37.3 Å². The van der Waals surface area contributed by atoms with Gasteiger partial charge in [-0.3, -0.25) is 0 Å². The summed E-state index contributed by atoms with van der Waals surface area (Å²) in [6.45, 7) is 9.20.